The normalized spacial score (nSPS) is 20.2. The van der Waals surface area contributed by atoms with Gasteiger partial charge in [0.15, 0.2) is 0 Å². The Morgan fingerprint density at radius 2 is 2.06 bits per heavy atom. The first kappa shape index (κ1) is 13.5. The quantitative estimate of drug-likeness (QED) is 0.882. The molecule has 0 aliphatic carbocycles. The minimum Gasteiger partial charge on any atom is -0.478 e. The molecule has 2 heterocycles. The molecule has 1 saturated heterocycles. The number of carboxylic acid groups (broad SMARTS) is 1. The van der Waals surface area contributed by atoms with Gasteiger partial charge in [0.2, 0.25) is 0 Å². The molecule has 1 aliphatic rings. The summed E-state index contributed by atoms with van der Waals surface area (Å²) < 4.78 is 0. The third kappa shape index (κ3) is 2.43. The number of likely N-dealkylation sites (tertiary alicyclic amines) is 1. The Kier molecular flexibility index (Phi) is 3.75. The number of carboxylic acids is 1. The zero-order valence-corrected chi connectivity index (χ0v) is 11.5. The molecule has 18 heavy (non-hydrogen) atoms. The fraction of sp³-hybridized carbons (Fsp3) is 0.615. The largest absolute Gasteiger partial charge is 0.478 e. The first-order valence-corrected chi connectivity index (χ1v) is 7.10. The maximum Gasteiger partial charge on any atom is 0.336 e. The van der Waals surface area contributed by atoms with E-state index < -0.39 is 11.6 Å². The van der Waals surface area contributed by atoms with Crippen LogP contribution < -0.4 is 0 Å². The van der Waals surface area contributed by atoms with Gasteiger partial charge in [-0.25, -0.2) is 4.79 Å². The van der Waals surface area contributed by atoms with E-state index in [9.17, 15) is 9.90 Å². The topological polar surface area (TPSA) is 60.8 Å². The lowest BCUT2D eigenvalue weighted by molar-refractivity contribution is -0.0303. The van der Waals surface area contributed by atoms with Gasteiger partial charge in [0.1, 0.15) is 5.60 Å². The summed E-state index contributed by atoms with van der Waals surface area (Å²) in [4.78, 5) is 14.0. The van der Waals surface area contributed by atoms with E-state index in [4.69, 9.17) is 5.11 Å². The van der Waals surface area contributed by atoms with E-state index in [2.05, 4.69) is 18.7 Å². The molecule has 4 nitrogen and oxygen atoms in total. The number of aromatic carboxylic acids is 1. The van der Waals surface area contributed by atoms with Crippen LogP contribution in [0.15, 0.2) is 11.4 Å². The maximum absolute atomic E-state index is 11.1. The van der Waals surface area contributed by atoms with Crippen molar-refractivity contribution in [2.24, 2.45) is 0 Å². The molecule has 0 radical (unpaired) electrons. The van der Waals surface area contributed by atoms with Crippen molar-refractivity contribution in [3.8, 4) is 0 Å². The Morgan fingerprint density at radius 3 is 2.56 bits per heavy atom. The van der Waals surface area contributed by atoms with Crippen molar-refractivity contribution in [3.05, 3.63) is 21.9 Å². The number of thiophene rings is 1. The molecular weight excluding hydrogens is 250 g/mol. The Labute approximate surface area is 111 Å². The molecular formula is C13H19NO3S. The second-order valence-electron chi connectivity index (χ2n) is 5.13. The Balaban J connectivity index is 2.18. The van der Waals surface area contributed by atoms with Gasteiger partial charge in [-0.3, -0.25) is 0 Å². The van der Waals surface area contributed by atoms with E-state index in [-0.39, 0.29) is 5.56 Å². The van der Waals surface area contributed by atoms with E-state index in [1.807, 2.05) is 0 Å². The molecule has 0 bridgehead atoms. The van der Waals surface area contributed by atoms with Crippen LogP contribution in [0.2, 0.25) is 0 Å². The SMILES string of the molecule is CC(C)N1CCC(O)(c2sccc2C(=O)O)CC1. The number of hydrogen-bond acceptors (Lipinski definition) is 4. The van der Waals surface area contributed by atoms with Crippen LogP contribution in [-0.4, -0.2) is 40.2 Å². The molecule has 5 heteroatoms. The van der Waals surface area contributed by atoms with E-state index in [1.165, 1.54) is 11.3 Å². The molecule has 2 N–H and O–H groups in total. The van der Waals surface area contributed by atoms with Crippen molar-refractivity contribution in [1.82, 2.24) is 4.90 Å². The fourth-order valence-electron chi connectivity index (χ4n) is 2.48. The monoisotopic (exact) mass is 269 g/mol. The van der Waals surface area contributed by atoms with Gasteiger partial charge >= 0.3 is 5.97 Å². The summed E-state index contributed by atoms with van der Waals surface area (Å²) >= 11 is 1.34. The van der Waals surface area contributed by atoms with Crippen molar-refractivity contribution in [2.75, 3.05) is 13.1 Å². The summed E-state index contributed by atoms with van der Waals surface area (Å²) in [5.74, 6) is -0.953. The summed E-state index contributed by atoms with van der Waals surface area (Å²) in [6.07, 6.45) is 1.21. The number of rotatable bonds is 3. The summed E-state index contributed by atoms with van der Waals surface area (Å²) in [7, 11) is 0. The minimum absolute atomic E-state index is 0.250. The molecule has 1 aliphatic heterocycles. The van der Waals surface area contributed by atoms with Crippen LogP contribution in [0.25, 0.3) is 0 Å². The first-order chi connectivity index (χ1) is 8.44. The minimum atomic E-state index is -0.965. The fourth-order valence-corrected chi connectivity index (χ4v) is 3.52. The number of aliphatic hydroxyl groups is 1. The standard InChI is InChI=1S/C13H19NO3S/c1-9(2)14-6-4-13(17,5-7-14)11-10(12(15)16)3-8-18-11/h3,8-9,17H,4-7H2,1-2H3,(H,15,16). The lowest BCUT2D eigenvalue weighted by atomic mass is 9.87. The summed E-state index contributed by atoms with van der Waals surface area (Å²) in [6, 6.07) is 2.05. The third-order valence-corrected chi connectivity index (χ3v) is 4.78. The average molecular weight is 269 g/mol. The smallest absolute Gasteiger partial charge is 0.336 e. The van der Waals surface area contributed by atoms with Crippen molar-refractivity contribution >= 4 is 17.3 Å². The molecule has 0 amide bonds. The molecule has 1 aromatic rings. The average Bonchev–Trinajstić information content (AvgIpc) is 2.79. The van der Waals surface area contributed by atoms with Crippen LogP contribution in [0, 0.1) is 0 Å². The van der Waals surface area contributed by atoms with Crippen LogP contribution in [0.5, 0.6) is 0 Å². The molecule has 2 rings (SSSR count). The van der Waals surface area contributed by atoms with Gasteiger partial charge in [0.05, 0.1) is 10.4 Å². The van der Waals surface area contributed by atoms with Gasteiger partial charge in [-0.05, 0) is 38.1 Å². The van der Waals surface area contributed by atoms with Crippen LogP contribution in [0.1, 0.15) is 41.9 Å². The molecule has 1 fully saturated rings. The van der Waals surface area contributed by atoms with E-state index in [0.717, 1.165) is 13.1 Å². The van der Waals surface area contributed by atoms with E-state index >= 15 is 0 Å². The highest BCUT2D eigenvalue weighted by molar-refractivity contribution is 7.10. The third-order valence-electron chi connectivity index (χ3n) is 3.67. The summed E-state index contributed by atoms with van der Waals surface area (Å²) in [6.45, 7) is 5.90. The van der Waals surface area contributed by atoms with Gasteiger partial charge < -0.3 is 15.1 Å². The van der Waals surface area contributed by atoms with Crippen LogP contribution >= 0.6 is 11.3 Å². The first-order valence-electron chi connectivity index (χ1n) is 6.22. The highest BCUT2D eigenvalue weighted by Crippen LogP contribution is 2.38. The Bertz CT molecular complexity index is 433. The van der Waals surface area contributed by atoms with Crippen molar-refractivity contribution in [1.29, 1.82) is 0 Å². The predicted molar refractivity (Wildman–Crippen MR) is 71.1 cm³/mol. The maximum atomic E-state index is 11.1. The van der Waals surface area contributed by atoms with Gasteiger partial charge in [0, 0.05) is 19.1 Å². The molecule has 100 valence electrons. The van der Waals surface area contributed by atoms with Crippen molar-refractivity contribution < 1.29 is 15.0 Å². The zero-order valence-electron chi connectivity index (χ0n) is 10.7. The Hall–Kier alpha value is -0.910. The van der Waals surface area contributed by atoms with Gasteiger partial charge in [-0.15, -0.1) is 11.3 Å². The lowest BCUT2D eigenvalue weighted by Crippen LogP contribution is -2.45. The second-order valence-corrected chi connectivity index (χ2v) is 6.05. The molecule has 1 aromatic heterocycles. The van der Waals surface area contributed by atoms with Crippen LogP contribution in [0.4, 0.5) is 0 Å². The molecule has 0 unspecified atom stereocenters. The lowest BCUT2D eigenvalue weighted by Gasteiger charge is -2.39. The highest BCUT2D eigenvalue weighted by atomic mass is 32.1. The Morgan fingerprint density at radius 1 is 1.44 bits per heavy atom. The summed E-state index contributed by atoms with van der Waals surface area (Å²) in [5.41, 5.74) is -0.715. The molecule has 0 spiro atoms. The predicted octanol–water partition coefficient (Wildman–Crippen LogP) is 2.14. The second kappa shape index (κ2) is 4.99. The highest BCUT2D eigenvalue weighted by Gasteiger charge is 2.38. The molecule has 0 aromatic carbocycles. The van der Waals surface area contributed by atoms with Gasteiger partial charge in [-0.1, -0.05) is 0 Å². The number of hydrogen-bond donors (Lipinski definition) is 2. The van der Waals surface area contributed by atoms with E-state index in [1.54, 1.807) is 11.4 Å². The van der Waals surface area contributed by atoms with Crippen LogP contribution in [0.3, 0.4) is 0 Å². The number of piperidine rings is 1. The summed E-state index contributed by atoms with van der Waals surface area (Å²) in [5, 5.41) is 21.5. The van der Waals surface area contributed by atoms with Gasteiger partial charge in [-0.2, -0.15) is 0 Å². The van der Waals surface area contributed by atoms with Crippen molar-refractivity contribution in [3.63, 3.8) is 0 Å². The molecule has 0 atom stereocenters. The number of carbonyl (C=O) groups is 1. The number of nitrogens with zero attached hydrogens (tertiary/aromatic N) is 1. The zero-order chi connectivity index (χ0) is 13.3. The van der Waals surface area contributed by atoms with Crippen LogP contribution in [-0.2, 0) is 5.60 Å². The molecule has 0 saturated carbocycles. The van der Waals surface area contributed by atoms with Crippen molar-refractivity contribution in [2.45, 2.75) is 38.3 Å². The van der Waals surface area contributed by atoms with Gasteiger partial charge in [0.25, 0.3) is 0 Å². The van der Waals surface area contributed by atoms with E-state index in [0.29, 0.717) is 23.8 Å².